The first-order valence-electron chi connectivity index (χ1n) is 5.22. The lowest BCUT2D eigenvalue weighted by Crippen LogP contribution is -2.31. The molecular weight excluding hydrogens is 228 g/mol. The first-order chi connectivity index (χ1) is 7.81. The molecule has 0 aliphatic carbocycles. The quantitative estimate of drug-likeness (QED) is 0.710. The summed E-state index contributed by atoms with van der Waals surface area (Å²) >= 11 is 0. The van der Waals surface area contributed by atoms with Gasteiger partial charge in [-0.1, -0.05) is 20.8 Å². The minimum Gasteiger partial charge on any atom is -0.438 e. The first-order valence-corrected chi connectivity index (χ1v) is 5.22. The monoisotopic (exact) mass is 248 g/mol. The van der Waals surface area contributed by atoms with Gasteiger partial charge in [0.15, 0.2) is 0 Å². The second-order valence-electron chi connectivity index (χ2n) is 4.59. The van der Waals surface area contributed by atoms with Crippen molar-refractivity contribution < 1.29 is 28.5 Å². The van der Waals surface area contributed by atoms with Crippen LogP contribution in [0.25, 0.3) is 0 Å². The van der Waals surface area contributed by atoms with Gasteiger partial charge in [-0.2, -0.15) is 0 Å². The number of methoxy groups -OCH3 is 2. The van der Waals surface area contributed by atoms with Crippen molar-refractivity contribution in [2.75, 3.05) is 27.4 Å². The highest BCUT2D eigenvalue weighted by Gasteiger charge is 2.27. The second kappa shape index (κ2) is 6.98. The molecule has 0 fully saturated rings. The van der Waals surface area contributed by atoms with Crippen LogP contribution in [0.5, 0.6) is 0 Å². The molecule has 0 spiro atoms. The van der Waals surface area contributed by atoms with Gasteiger partial charge in [-0.05, 0) is 5.41 Å². The summed E-state index contributed by atoms with van der Waals surface area (Å²) in [5.41, 5.74) is -0.179. The van der Waals surface area contributed by atoms with Crippen LogP contribution in [0.4, 0.5) is 9.59 Å². The molecule has 0 aliphatic heterocycles. The van der Waals surface area contributed by atoms with E-state index in [1.807, 2.05) is 20.8 Å². The van der Waals surface area contributed by atoms with Crippen LogP contribution in [-0.4, -0.2) is 39.7 Å². The van der Waals surface area contributed by atoms with Gasteiger partial charge in [0.05, 0.1) is 14.2 Å². The van der Waals surface area contributed by atoms with E-state index in [0.717, 1.165) is 0 Å². The largest absolute Gasteiger partial charge is 0.507 e. The smallest absolute Gasteiger partial charge is 0.438 e. The summed E-state index contributed by atoms with van der Waals surface area (Å²) in [6.07, 6.45) is -1.50. The molecule has 0 bridgehead atoms. The van der Waals surface area contributed by atoms with E-state index in [2.05, 4.69) is 9.47 Å². The lowest BCUT2D eigenvalue weighted by atomic mass is 9.82. The zero-order valence-corrected chi connectivity index (χ0v) is 10.9. The Hall–Kier alpha value is -1.46. The third-order valence-electron chi connectivity index (χ3n) is 2.36. The topological polar surface area (TPSA) is 71.1 Å². The van der Waals surface area contributed by atoms with Crippen molar-refractivity contribution in [3.63, 3.8) is 0 Å². The fraction of sp³-hybridized carbons (Fsp3) is 0.818. The van der Waals surface area contributed by atoms with Gasteiger partial charge in [-0.3, -0.25) is 0 Å². The van der Waals surface area contributed by atoms with Crippen molar-refractivity contribution in [3.8, 4) is 0 Å². The molecule has 0 saturated heterocycles. The summed E-state index contributed by atoms with van der Waals surface area (Å²) in [5, 5.41) is 0. The molecule has 0 aromatic heterocycles. The van der Waals surface area contributed by atoms with E-state index in [0.29, 0.717) is 0 Å². The number of ether oxygens (including phenoxy) is 4. The molecule has 0 rings (SSSR count). The van der Waals surface area contributed by atoms with Crippen LogP contribution >= 0.6 is 0 Å². The van der Waals surface area contributed by atoms with Gasteiger partial charge in [0, 0.05) is 5.92 Å². The molecule has 17 heavy (non-hydrogen) atoms. The number of carbonyl (C=O) groups excluding carboxylic acids is 2. The second-order valence-corrected chi connectivity index (χ2v) is 4.59. The Morgan fingerprint density at radius 1 is 0.941 bits per heavy atom. The van der Waals surface area contributed by atoms with Crippen LogP contribution in [0.2, 0.25) is 0 Å². The van der Waals surface area contributed by atoms with Crippen molar-refractivity contribution in [3.05, 3.63) is 0 Å². The molecule has 0 radical (unpaired) electrons. The molecule has 6 nitrogen and oxygen atoms in total. The Kier molecular flexibility index (Phi) is 6.38. The summed E-state index contributed by atoms with van der Waals surface area (Å²) in [6.45, 7) is 6.11. The Morgan fingerprint density at radius 3 is 1.53 bits per heavy atom. The molecule has 0 N–H and O–H groups in total. The predicted molar refractivity (Wildman–Crippen MR) is 59.7 cm³/mol. The summed E-state index contributed by atoms with van der Waals surface area (Å²) in [5.74, 6) is -0.138. The number of hydrogen-bond acceptors (Lipinski definition) is 6. The Morgan fingerprint density at radius 2 is 1.29 bits per heavy atom. The molecule has 0 heterocycles. The zero-order chi connectivity index (χ0) is 13.5. The Labute approximate surface area is 101 Å². The number of carbonyl (C=O) groups is 2. The summed E-state index contributed by atoms with van der Waals surface area (Å²) in [7, 11) is 2.47. The number of rotatable bonds is 4. The summed E-state index contributed by atoms with van der Waals surface area (Å²) in [4.78, 5) is 21.7. The number of hydrogen-bond donors (Lipinski definition) is 0. The Balaban J connectivity index is 4.25. The van der Waals surface area contributed by atoms with Crippen LogP contribution in [0, 0.1) is 11.3 Å². The van der Waals surface area contributed by atoms with E-state index in [1.54, 1.807) is 0 Å². The van der Waals surface area contributed by atoms with Crippen LogP contribution in [0.3, 0.4) is 0 Å². The molecule has 0 amide bonds. The van der Waals surface area contributed by atoms with E-state index in [1.165, 1.54) is 14.2 Å². The van der Waals surface area contributed by atoms with E-state index in [9.17, 15) is 9.59 Å². The van der Waals surface area contributed by atoms with E-state index >= 15 is 0 Å². The highest BCUT2D eigenvalue weighted by Crippen LogP contribution is 2.26. The third-order valence-corrected chi connectivity index (χ3v) is 2.36. The minimum absolute atomic E-state index is 0.118. The van der Waals surface area contributed by atoms with Crippen molar-refractivity contribution in [2.24, 2.45) is 11.3 Å². The van der Waals surface area contributed by atoms with Gasteiger partial charge in [-0.15, -0.1) is 0 Å². The summed E-state index contributed by atoms with van der Waals surface area (Å²) < 4.78 is 18.4. The zero-order valence-electron chi connectivity index (χ0n) is 10.9. The molecule has 0 aromatic carbocycles. The fourth-order valence-electron chi connectivity index (χ4n) is 1.00. The van der Waals surface area contributed by atoms with Gasteiger partial charge in [0.1, 0.15) is 13.2 Å². The predicted octanol–water partition coefficient (Wildman–Crippen LogP) is 2.21. The Bertz CT molecular complexity index is 235. The van der Waals surface area contributed by atoms with Gasteiger partial charge in [-0.25, -0.2) is 9.59 Å². The standard InChI is InChI=1S/C11H20O6/c1-11(2,3)8(6-16-9(12)14-4)7-17-10(13)15-5/h8H,6-7H2,1-5H3. The van der Waals surface area contributed by atoms with Crippen LogP contribution in [0.1, 0.15) is 20.8 Å². The maximum absolute atomic E-state index is 10.9. The molecular formula is C11H20O6. The fourth-order valence-corrected chi connectivity index (χ4v) is 1.00. The molecule has 0 aliphatic rings. The van der Waals surface area contributed by atoms with Crippen LogP contribution in [0.15, 0.2) is 0 Å². The van der Waals surface area contributed by atoms with E-state index in [4.69, 9.17) is 9.47 Å². The van der Waals surface area contributed by atoms with Crippen LogP contribution < -0.4 is 0 Å². The molecule has 6 heteroatoms. The first kappa shape index (κ1) is 15.5. The van der Waals surface area contributed by atoms with Crippen molar-refractivity contribution in [1.82, 2.24) is 0 Å². The highest BCUT2D eigenvalue weighted by molar-refractivity contribution is 5.60. The SMILES string of the molecule is COC(=O)OCC(COC(=O)OC)C(C)(C)C. The molecule has 0 atom stereocenters. The van der Waals surface area contributed by atoms with E-state index < -0.39 is 12.3 Å². The molecule has 0 aromatic rings. The lowest BCUT2D eigenvalue weighted by molar-refractivity contribution is 0.00199. The lowest BCUT2D eigenvalue weighted by Gasteiger charge is -2.29. The highest BCUT2D eigenvalue weighted by atomic mass is 16.7. The van der Waals surface area contributed by atoms with Gasteiger partial charge in [0.2, 0.25) is 0 Å². The van der Waals surface area contributed by atoms with Crippen molar-refractivity contribution in [1.29, 1.82) is 0 Å². The maximum Gasteiger partial charge on any atom is 0.507 e. The van der Waals surface area contributed by atoms with Crippen LogP contribution in [-0.2, 0) is 18.9 Å². The van der Waals surface area contributed by atoms with E-state index in [-0.39, 0.29) is 24.5 Å². The minimum atomic E-state index is -0.752. The molecule has 0 saturated carbocycles. The average Bonchev–Trinajstić information content (AvgIpc) is 2.26. The molecule has 0 unspecified atom stereocenters. The van der Waals surface area contributed by atoms with Crippen molar-refractivity contribution in [2.45, 2.75) is 20.8 Å². The van der Waals surface area contributed by atoms with Crippen molar-refractivity contribution >= 4 is 12.3 Å². The summed E-state index contributed by atoms with van der Waals surface area (Å²) in [6, 6.07) is 0. The molecule has 100 valence electrons. The van der Waals surface area contributed by atoms with Gasteiger partial charge >= 0.3 is 12.3 Å². The maximum atomic E-state index is 10.9. The normalized spacial score (nSPS) is 10.9. The average molecular weight is 248 g/mol. The third kappa shape index (κ3) is 6.65. The van der Waals surface area contributed by atoms with Gasteiger partial charge in [0.25, 0.3) is 0 Å². The van der Waals surface area contributed by atoms with Gasteiger partial charge < -0.3 is 18.9 Å².